The number of anilines is 1. The molecule has 1 amide bonds. The predicted octanol–water partition coefficient (Wildman–Crippen LogP) is 3.41. The van der Waals surface area contributed by atoms with Gasteiger partial charge in [0.25, 0.3) is 0 Å². The average molecular weight is 294 g/mol. The highest BCUT2D eigenvalue weighted by atomic mass is 35.5. The van der Waals surface area contributed by atoms with Gasteiger partial charge in [0, 0.05) is 11.1 Å². The minimum atomic E-state index is -0.228. The Balaban J connectivity index is 1.95. The first-order valence-electron chi connectivity index (χ1n) is 5.74. The Labute approximate surface area is 120 Å². The first kappa shape index (κ1) is 13.7. The summed E-state index contributed by atoms with van der Waals surface area (Å²) in [6.45, 7) is 1.99. The maximum Gasteiger partial charge on any atom is 0.250 e. The number of aromatic nitrogens is 2. The second kappa shape index (κ2) is 6.45. The van der Waals surface area contributed by atoms with Crippen molar-refractivity contribution in [1.82, 2.24) is 10.2 Å². The lowest BCUT2D eigenvalue weighted by atomic mass is 10.2. The maximum absolute atomic E-state index is 11.7. The molecule has 0 unspecified atom stereocenters. The Hall–Kier alpha value is -1.72. The minimum absolute atomic E-state index is 0.228. The largest absolute Gasteiger partial charge is 0.297 e. The summed E-state index contributed by atoms with van der Waals surface area (Å²) in [4.78, 5) is 11.7. The molecule has 0 saturated heterocycles. The van der Waals surface area contributed by atoms with Crippen LogP contribution in [0.3, 0.4) is 0 Å². The fourth-order valence-corrected chi connectivity index (χ4v) is 2.15. The Kier molecular flexibility index (Phi) is 4.65. The van der Waals surface area contributed by atoms with E-state index in [-0.39, 0.29) is 5.91 Å². The maximum atomic E-state index is 11.7. The molecule has 1 aromatic heterocycles. The van der Waals surface area contributed by atoms with Crippen LogP contribution in [0.15, 0.2) is 30.3 Å². The summed E-state index contributed by atoms with van der Waals surface area (Å²) in [5.41, 5.74) is 0.908. The summed E-state index contributed by atoms with van der Waals surface area (Å²) in [5, 5.41) is 12.6. The molecule has 1 N–H and O–H groups in total. The van der Waals surface area contributed by atoms with Crippen molar-refractivity contribution in [3.63, 3.8) is 0 Å². The summed E-state index contributed by atoms with van der Waals surface area (Å²) in [6, 6.07) is 7.23. The number of nitrogens with one attached hydrogen (secondary N) is 1. The Bertz CT molecular complexity index is 592. The van der Waals surface area contributed by atoms with Crippen LogP contribution in [0.5, 0.6) is 0 Å². The van der Waals surface area contributed by atoms with Gasteiger partial charge in [-0.25, -0.2) is 0 Å². The lowest BCUT2D eigenvalue weighted by Crippen LogP contribution is -2.07. The molecule has 1 aromatic carbocycles. The molecule has 0 bridgehead atoms. The molecular formula is C13H12ClN3OS. The summed E-state index contributed by atoms with van der Waals surface area (Å²) < 4.78 is 0. The van der Waals surface area contributed by atoms with Gasteiger partial charge in [0.15, 0.2) is 0 Å². The molecule has 0 fully saturated rings. The van der Waals surface area contributed by atoms with Gasteiger partial charge in [-0.2, -0.15) is 0 Å². The van der Waals surface area contributed by atoms with Gasteiger partial charge in [-0.3, -0.25) is 10.1 Å². The zero-order chi connectivity index (χ0) is 13.7. The number of amides is 1. The number of rotatable bonds is 4. The second-order valence-corrected chi connectivity index (χ2v) is 5.23. The molecule has 98 valence electrons. The minimum Gasteiger partial charge on any atom is -0.297 e. The topological polar surface area (TPSA) is 54.9 Å². The predicted molar refractivity (Wildman–Crippen MR) is 78.4 cm³/mol. The number of nitrogens with zero attached hydrogens (tertiary/aromatic N) is 2. The molecule has 2 aromatic rings. The number of hydrogen-bond acceptors (Lipinski definition) is 4. The van der Waals surface area contributed by atoms with Crippen molar-refractivity contribution in [1.29, 1.82) is 0 Å². The zero-order valence-corrected chi connectivity index (χ0v) is 11.8. The van der Waals surface area contributed by atoms with E-state index >= 15 is 0 Å². The Morgan fingerprint density at radius 2 is 2.11 bits per heavy atom. The van der Waals surface area contributed by atoms with Crippen LogP contribution in [0.25, 0.3) is 6.08 Å². The number of aryl methyl sites for hydroxylation is 1. The zero-order valence-electron chi connectivity index (χ0n) is 10.3. The van der Waals surface area contributed by atoms with Gasteiger partial charge in [-0.05, 0) is 30.2 Å². The molecule has 0 atom stereocenters. The Morgan fingerprint density at radius 1 is 1.37 bits per heavy atom. The van der Waals surface area contributed by atoms with E-state index in [1.807, 2.05) is 19.1 Å². The first-order valence-corrected chi connectivity index (χ1v) is 6.94. The van der Waals surface area contributed by atoms with Crippen LogP contribution in [-0.4, -0.2) is 16.1 Å². The van der Waals surface area contributed by atoms with E-state index in [0.29, 0.717) is 10.2 Å². The molecule has 0 radical (unpaired) electrons. The molecule has 0 spiro atoms. The van der Waals surface area contributed by atoms with Crippen molar-refractivity contribution in [2.24, 2.45) is 0 Å². The highest BCUT2D eigenvalue weighted by Crippen LogP contribution is 2.15. The highest BCUT2D eigenvalue weighted by molar-refractivity contribution is 7.15. The summed E-state index contributed by atoms with van der Waals surface area (Å²) in [5.74, 6) is -0.228. The van der Waals surface area contributed by atoms with E-state index in [9.17, 15) is 4.79 Å². The van der Waals surface area contributed by atoms with E-state index in [0.717, 1.165) is 17.0 Å². The third-order valence-corrected chi connectivity index (χ3v) is 3.53. The van der Waals surface area contributed by atoms with Crippen molar-refractivity contribution in [2.75, 3.05) is 5.32 Å². The molecule has 2 rings (SSSR count). The highest BCUT2D eigenvalue weighted by Gasteiger charge is 2.04. The lowest BCUT2D eigenvalue weighted by Gasteiger charge is -1.95. The first-order chi connectivity index (χ1) is 9.17. The smallest absolute Gasteiger partial charge is 0.250 e. The molecule has 4 nitrogen and oxygen atoms in total. The number of carbonyl (C=O) groups is 1. The SMILES string of the molecule is CCc1nnc(NC(=O)/C=C/c2ccc(Cl)cc2)s1. The lowest BCUT2D eigenvalue weighted by molar-refractivity contribution is -0.111. The normalized spacial score (nSPS) is 10.8. The number of hydrogen-bond donors (Lipinski definition) is 1. The Morgan fingerprint density at radius 3 is 2.74 bits per heavy atom. The fourth-order valence-electron chi connectivity index (χ4n) is 1.34. The third-order valence-electron chi connectivity index (χ3n) is 2.30. The van der Waals surface area contributed by atoms with Crippen LogP contribution in [0.2, 0.25) is 5.02 Å². The fraction of sp³-hybridized carbons (Fsp3) is 0.154. The van der Waals surface area contributed by atoms with Gasteiger partial charge >= 0.3 is 0 Å². The van der Waals surface area contributed by atoms with E-state index in [1.54, 1.807) is 18.2 Å². The van der Waals surface area contributed by atoms with Gasteiger partial charge < -0.3 is 0 Å². The van der Waals surface area contributed by atoms with Crippen LogP contribution in [-0.2, 0) is 11.2 Å². The van der Waals surface area contributed by atoms with Crippen molar-refractivity contribution >= 4 is 40.1 Å². The molecule has 0 saturated carbocycles. The molecule has 0 aliphatic rings. The van der Waals surface area contributed by atoms with Crippen molar-refractivity contribution < 1.29 is 4.79 Å². The van der Waals surface area contributed by atoms with Crippen LogP contribution < -0.4 is 5.32 Å². The van der Waals surface area contributed by atoms with E-state index in [2.05, 4.69) is 15.5 Å². The van der Waals surface area contributed by atoms with E-state index in [1.165, 1.54) is 17.4 Å². The summed E-state index contributed by atoms with van der Waals surface area (Å²) in [6.07, 6.45) is 3.98. The number of carbonyl (C=O) groups excluding carboxylic acids is 1. The van der Waals surface area contributed by atoms with Gasteiger partial charge in [-0.15, -0.1) is 10.2 Å². The van der Waals surface area contributed by atoms with Crippen molar-refractivity contribution in [2.45, 2.75) is 13.3 Å². The molecular weight excluding hydrogens is 282 g/mol. The van der Waals surface area contributed by atoms with Gasteiger partial charge in [0.05, 0.1) is 0 Å². The van der Waals surface area contributed by atoms with Crippen LogP contribution in [0, 0.1) is 0 Å². The van der Waals surface area contributed by atoms with E-state index in [4.69, 9.17) is 11.6 Å². The summed E-state index contributed by atoms with van der Waals surface area (Å²) in [7, 11) is 0. The van der Waals surface area contributed by atoms with E-state index < -0.39 is 0 Å². The number of halogens is 1. The monoisotopic (exact) mass is 293 g/mol. The van der Waals surface area contributed by atoms with Crippen molar-refractivity contribution in [3.8, 4) is 0 Å². The standard InChI is InChI=1S/C13H12ClN3OS/c1-2-12-16-17-13(19-12)15-11(18)8-5-9-3-6-10(14)7-4-9/h3-8H,2H2,1H3,(H,15,17,18)/b8-5+. The number of benzene rings is 1. The quantitative estimate of drug-likeness (QED) is 0.879. The average Bonchev–Trinajstić information content (AvgIpc) is 2.86. The van der Waals surface area contributed by atoms with Crippen LogP contribution in [0.1, 0.15) is 17.5 Å². The summed E-state index contributed by atoms with van der Waals surface area (Å²) >= 11 is 7.16. The van der Waals surface area contributed by atoms with Gasteiger partial charge in [-0.1, -0.05) is 42.0 Å². The second-order valence-electron chi connectivity index (χ2n) is 3.73. The van der Waals surface area contributed by atoms with Gasteiger partial charge in [0.1, 0.15) is 5.01 Å². The molecule has 0 aliphatic heterocycles. The molecule has 19 heavy (non-hydrogen) atoms. The third kappa shape index (κ3) is 4.15. The van der Waals surface area contributed by atoms with Gasteiger partial charge in [0.2, 0.25) is 11.0 Å². The van der Waals surface area contributed by atoms with Crippen LogP contribution >= 0.6 is 22.9 Å². The van der Waals surface area contributed by atoms with Crippen LogP contribution in [0.4, 0.5) is 5.13 Å². The molecule has 6 heteroatoms. The molecule has 1 heterocycles. The molecule has 0 aliphatic carbocycles. The van der Waals surface area contributed by atoms with Crippen molar-refractivity contribution in [3.05, 3.63) is 45.9 Å².